The number of hydrogen-bond acceptors (Lipinski definition) is 3. The van der Waals surface area contributed by atoms with Crippen molar-refractivity contribution in [1.82, 2.24) is 4.90 Å². The molecule has 0 aliphatic carbocycles. The summed E-state index contributed by atoms with van der Waals surface area (Å²) in [6, 6.07) is 13.0. The number of fused-ring (bicyclic) bond motifs is 1. The Balaban J connectivity index is 1.37. The van der Waals surface area contributed by atoms with Gasteiger partial charge in [-0.2, -0.15) is 0 Å². The van der Waals surface area contributed by atoms with Gasteiger partial charge in [0.2, 0.25) is 0 Å². The molecule has 26 heavy (non-hydrogen) atoms. The number of ether oxygens (including phenoxy) is 1. The average molecular weight is 350 g/mol. The van der Waals surface area contributed by atoms with E-state index in [1.54, 1.807) is 0 Å². The van der Waals surface area contributed by atoms with Crippen LogP contribution in [0.25, 0.3) is 0 Å². The molecule has 136 valence electrons. The normalized spacial score (nSPS) is 18.2. The third-order valence-electron chi connectivity index (χ3n) is 5.67. The third-order valence-corrected chi connectivity index (χ3v) is 5.67. The summed E-state index contributed by atoms with van der Waals surface area (Å²) in [5, 5.41) is 2.89. The van der Waals surface area contributed by atoms with E-state index in [0.29, 0.717) is 5.92 Å². The van der Waals surface area contributed by atoms with Crippen molar-refractivity contribution in [3.8, 4) is 5.75 Å². The van der Waals surface area contributed by atoms with E-state index < -0.39 is 0 Å². The van der Waals surface area contributed by atoms with E-state index in [2.05, 4.69) is 48.3 Å². The zero-order chi connectivity index (χ0) is 18.1. The molecule has 4 nitrogen and oxygen atoms in total. The van der Waals surface area contributed by atoms with Gasteiger partial charge in [-0.1, -0.05) is 24.3 Å². The molecule has 2 aliphatic heterocycles. The molecule has 0 aromatic heterocycles. The van der Waals surface area contributed by atoms with E-state index in [-0.39, 0.29) is 12.5 Å². The van der Waals surface area contributed by atoms with Crippen LogP contribution in [0.4, 0.5) is 5.69 Å². The summed E-state index contributed by atoms with van der Waals surface area (Å²) in [5.74, 6) is 1.35. The molecule has 4 heteroatoms. The van der Waals surface area contributed by atoms with Gasteiger partial charge in [-0.15, -0.1) is 0 Å². The molecule has 1 amide bonds. The lowest BCUT2D eigenvalue weighted by Crippen LogP contribution is -2.32. The van der Waals surface area contributed by atoms with Crippen molar-refractivity contribution in [2.75, 3.05) is 25.0 Å². The molecule has 0 radical (unpaired) electrons. The highest BCUT2D eigenvalue weighted by Gasteiger charge is 2.22. The number of carbonyl (C=O) groups excluding carboxylic acids is 1. The van der Waals surface area contributed by atoms with Gasteiger partial charge in [-0.05, 0) is 80.1 Å². The van der Waals surface area contributed by atoms with Crippen LogP contribution in [0.5, 0.6) is 5.75 Å². The molecular weight excluding hydrogens is 324 g/mol. The van der Waals surface area contributed by atoms with Crippen LogP contribution in [0.2, 0.25) is 0 Å². The average Bonchev–Trinajstić information content (AvgIpc) is 2.64. The van der Waals surface area contributed by atoms with Crippen molar-refractivity contribution < 1.29 is 9.53 Å². The van der Waals surface area contributed by atoms with Crippen LogP contribution in [0.15, 0.2) is 36.4 Å². The largest absolute Gasteiger partial charge is 0.482 e. The smallest absolute Gasteiger partial charge is 0.262 e. The second-order valence-electron chi connectivity index (χ2n) is 7.56. The first kappa shape index (κ1) is 17.1. The Labute approximate surface area is 155 Å². The lowest BCUT2D eigenvalue weighted by Gasteiger charge is -2.32. The molecule has 0 spiro atoms. The maximum atomic E-state index is 11.5. The Morgan fingerprint density at radius 2 is 1.88 bits per heavy atom. The molecule has 2 aliphatic rings. The number of carbonyl (C=O) groups is 1. The van der Waals surface area contributed by atoms with Gasteiger partial charge in [0, 0.05) is 6.54 Å². The molecule has 0 bridgehead atoms. The fourth-order valence-electron chi connectivity index (χ4n) is 3.93. The first-order valence-corrected chi connectivity index (χ1v) is 9.43. The van der Waals surface area contributed by atoms with E-state index in [4.69, 9.17) is 4.74 Å². The Kier molecular flexibility index (Phi) is 4.68. The highest BCUT2D eigenvalue weighted by atomic mass is 16.5. The van der Waals surface area contributed by atoms with E-state index in [1.807, 2.05) is 12.1 Å². The second kappa shape index (κ2) is 7.12. The van der Waals surface area contributed by atoms with E-state index in [0.717, 1.165) is 31.1 Å². The third kappa shape index (κ3) is 3.61. The molecule has 0 saturated carbocycles. The lowest BCUT2D eigenvalue weighted by atomic mass is 9.88. The predicted molar refractivity (Wildman–Crippen MR) is 104 cm³/mol. The summed E-state index contributed by atoms with van der Waals surface area (Å²) in [7, 11) is 0. The Morgan fingerprint density at radius 3 is 2.65 bits per heavy atom. The summed E-state index contributed by atoms with van der Waals surface area (Å²) >= 11 is 0. The molecule has 1 N–H and O–H groups in total. The number of rotatable bonds is 3. The van der Waals surface area contributed by atoms with Gasteiger partial charge in [0.15, 0.2) is 6.61 Å². The second-order valence-corrected chi connectivity index (χ2v) is 7.56. The molecule has 4 rings (SSSR count). The van der Waals surface area contributed by atoms with Gasteiger partial charge >= 0.3 is 0 Å². The summed E-state index contributed by atoms with van der Waals surface area (Å²) in [6.45, 7) is 7.62. The zero-order valence-corrected chi connectivity index (χ0v) is 15.5. The molecule has 2 heterocycles. The van der Waals surface area contributed by atoms with Crippen LogP contribution < -0.4 is 10.1 Å². The Bertz CT molecular complexity index is 823. The number of benzene rings is 2. The fourth-order valence-corrected chi connectivity index (χ4v) is 3.93. The van der Waals surface area contributed by atoms with Crippen LogP contribution >= 0.6 is 0 Å². The molecular formula is C22H26N2O2. The van der Waals surface area contributed by atoms with Gasteiger partial charge < -0.3 is 10.1 Å². The van der Waals surface area contributed by atoms with E-state index in [9.17, 15) is 4.79 Å². The van der Waals surface area contributed by atoms with Crippen molar-refractivity contribution in [2.24, 2.45) is 0 Å². The predicted octanol–water partition coefficient (Wildman–Crippen LogP) is 4.01. The number of aryl methyl sites for hydroxylation is 2. The van der Waals surface area contributed by atoms with Crippen LogP contribution in [0.3, 0.4) is 0 Å². The van der Waals surface area contributed by atoms with Crippen molar-refractivity contribution in [3.05, 3.63) is 58.7 Å². The summed E-state index contributed by atoms with van der Waals surface area (Å²) in [5.41, 5.74) is 6.27. The monoisotopic (exact) mass is 350 g/mol. The van der Waals surface area contributed by atoms with Gasteiger partial charge in [0.1, 0.15) is 5.75 Å². The van der Waals surface area contributed by atoms with Gasteiger partial charge in [0.25, 0.3) is 5.91 Å². The highest BCUT2D eigenvalue weighted by Crippen LogP contribution is 2.32. The molecule has 1 saturated heterocycles. The number of anilines is 1. The summed E-state index contributed by atoms with van der Waals surface area (Å²) < 4.78 is 5.44. The van der Waals surface area contributed by atoms with Crippen molar-refractivity contribution in [2.45, 2.75) is 39.2 Å². The number of amides is 1. The molecule has 1 fully saturated rings. The van der Waals surface area contributed by atoms with Gasteiger partial charge in [-0.25, -0.2) is 0 Å². The SMILES string of the molecule is Cc1ccc(C2CCN(Cc3ccc4c(c3)NC(=O)CO4)CC2)cc1C. The summed E-state index contributed by atoms with van der Waals surface area (Å²) in [6.07, 6.45) is 2.40. The minimum absolute atomic E-state index is 0.0798. The Hall–Kier alpha value is -2.33. The fraction of sp³-hybridized carbons (Fsp3) is 0.409. The molecule has 0 unspecified atom stereocenters. The maximum absolute atomic E-state index is 11.5. The lowest BCUT2D eigenvalue weighted by molar-refractivity contribution is -0.118. The number of hydrogen-bond donors (Lipinski definition) is 1. The first-order chi connectivity index (χ1) is 12.6. The Morgan fingerprint density at radius 1 is 1.08 bits per heavy atom. The number of nitrogens with zero attached hydrogens (tertiary/aromatic N) is 1. The van der Waals surface area contributed by atoms with Crippen molar-refractivity contribution in [1.29, 1.82) is 0 Å². The minimum Gasteiger partial charge on any atom is -0.482 e. The summed E-state index contributed by atoms with van der Waals surface area (Å²) in [4.78, 5) is 14.0. The number of likely N-dealkylation sites (tertiary alicyclic amines) is 1. The van der Waals surface area contributed by atoms with Crippen molar-refractivity contribution in [3.63, 3.8) is 0 Å². The number of piperidine rings is 1. The van der Waals surface area contributed by atoms with E-state index in [1.165, 1.54) is 35.1 Å². The van der Waals surface area contributed by atoms with Gasteiger partial charge in [0.05, 0.1) is 5.69 Å². The van der Waals surface area contributed by atoms with Gasteiger partial charge in [-0.3, -0.25) is 9.69 Å². The van der Waals surface area contributed by atoms with Crippen LogP contribution in [0, 0.1) is 13.8 Å². The first-order valence-electron chi connectivity index (χ1n) is 9.43. The standard InChI is InChI=1S/C22H26N2O2/c1-15-3-5-19(11-16(15)2)18-7-9-24(10-8-18)13-17-4-6-21-20(12-17)23-22(25)14-26-21/h3-6,11-12,18H,7-10,13-14H2,1-2H3,(H,23,25). The molecule has 2 aromatic carbocycles. The quantitative estimate of drug-likeness (QED) is 0.909. The van der Waals surface area contributed by atoms with Crippen LogP contribution in [-0.2, 0) is 11.3 Å². The zero-order valence-electron chi connectivity index (χ0n) is 15.5. The van der Waals surface area contributed by atoms with E-state index >= 15 is 0 Å². The molecule has 0 atom stereocenters. The maximum Gasteiger partial charge on any atom is 0.262 e. The number of nitrogens with one attached hydrogen (secondary N) is 1. The van der Waals surface area contributed by atoms with Crippen LogP contribution in [-0.4, -0.2) is 30.5 Å². The topological polar surface area (TPSA) is 41.6 Å². The highest BCUT2D eigenvalue weighted by molar-refractivity contribution is 5.95. The van der Waals surface area contributed by atoms with Crippen molar-refractivity contribution >= 4 is 11.6 Å². The minimum atomic E-state index is -0.0798. The molecule has 2 aromatic rings. The van der Waals surface area contributed by atoms with Crippen LogP contribution in [0.1, 0.15) is 41.0 Å².